The molecule has 1 aliphatic carbocycles. The molecule has 3 unspecified atom stereocenters. The van der Waals surface area contributed by atoms with E-state index >= 15 is 0 Å². The Morgan fingerprint density at radius 2 is 2.38 bits per heavy atom. The number of nitrogens with one attached hydrogen (secondary N) is 1. The summed E-state index contributed by atoms with van der Waals surface area (Å²) in [5.41, 5.74) is 0.221. The zero-order chi connectivity index (χ0) is 11.3. The molecule has 0 radical (unpaired) electrons. The average molecular weight is 221 g/mol. The molecular formula is C12H19N3O. The van der Waals surface area contributed by atoms with E-state index in [4.69, 9.17) is 4.74 Å². The maximum absolute atomic E-state index is 5.77. The highest BCUT2D eigenvalue weighted by atomic mass is 16.5. The summed E-state index contributed by atoms with van der Waals surface area (Å²) in [7, 11) is 1.94. The third-order valence-corrected chi connectivity index (χ3v) is 4.12. The van der Waals surface area contributed by atoms with Crippen molar-refractivity contribution in [2.75, 3.05) is 11.9 Å². The summed E-state index contributed by atoms with van der Waals surface area (Å²) < 4.78 is 7.60. The second-order valence-electron chi connectivity index (χ2n) is 5.56. The predicted molar refractivity (Wildman–Crippen MR) is 62.2 cm³/mol. The maximum Gasteiger partial charge on any atom is 0.148 e. The van der Waals surface area contributed by atoms with Crippen molar-refractivity contribution in [1.29, 1.82) is 0 Å². The summed E-state index contributed by atoms with van der Waals surface area (Å²) in [6, 6.07) is 2.52. The number of hydrogen-bond acceptors (Lipinski definition) is 3. The second kappa shape index (κ2) is 3.23. The van der Waals surface area contributed by atoms with Crippen molar-refractivity contribution in [3.63, 3.8) is 0 Å². The third kappa shape index (κ3) is 1.29. The zero-order valence-electron chi connectivity index (χ0n) is 10.1. The van der Waals surface area contributed by atoms with Crippen molar-refractivity contribution in [3.8, 4) is 0 Å². The average Bonchev–Trinajstić information content (AvgIpc) is 2.81. The van der Waals surface area contributed by atoms with Gasteiger partial charge in [0.2, 0.25) is 0 Å². The van der Waals surface area contributed by atoms with E-state index in [1.54, 1.807) is 0 Å². The van der Waals surface area contributed by atoms with Crippen LogP contribution < -0.4 is 5.32 Å². The van der Waals surface area contributed by atoms with Crippen molar-refractivity contribution in [3.05, 3.63) is 12.3 Å². The van der Waals surface area contributed by atoms with Gasteiger partial charge < -0.3 is 10.1 Å². The van der Waals surface area contributed by atoms with Gasteiger partial charge in [-0.3, -0.25) is 4.68 Å². The summed E-state index contributed by atoms with van der Waals surface area (Å²) in [6.07, 6.45) is 3.59. The Morgan fingerprint density at radius 3 is 3.06 bits per heavy atom. The second-order valence-corrected chi connectivity index (χ2v) is 5.56. The molecule has 2 fully saturated rings. The van der Waals surface area contributed by atoms with E-state index in [0.29, 0.717) is 18.1 Å². The van der Waals surface area contributed by atoms with E-state index in [1.807, 2.05) is 24.0 Å². The first-order valence-electron chi connectivity index (χ1n) is 5.97. The molecule has 0 amide bonds. The molecule has 3 atom stereocenters. The number of hydrogen-bond donors (Lipinski definition) is 1. The van der Waals surface area contributed by atoms with Crippen LogP contribution >= 0.6 is 0 Å². The standard InChI is InChI=1S/C12H19N3O/c1-12(2)10(8-5-7-16-11(8)12)13-9-4-6-15(3)14-9/h4,6,8,10-11H,5,7H2,1-3H3,(H,13,14). The van der Waals surface area contributed by atoms with Crippen LogP contribution in [-0.2, 0) is 11.8 Å². The number of ether oxygens (including phenoxy) is 1. The maximum atomic E-state index is 5.77. The smallest absolute Gasteiger partial charge is 0.148 e. The lowest BCUT2D eigenvalue weighted by Gasteiger charge is -2.54. The molecule has 0 bridgehead atoms. The van der Waals surface area contributed by atoms with Crippen LogP contribution in [0.4, 0.5) is 5.82 Å². The molecular weight excluding hydrogens is 202 g/mol. The van der Waals surface area contributed by atoms with Crippen LogP contribution in [-0.4, -0.2) is 28.5 Å². The van der Waals surface area contributed by atoms with Crippen molar-refractivity contribution >= 4 is 5.82 Å². The normalized spacial score (nSPS) is 35.6. The van der Waals surface area contributed by atoms with Gasteiger partial charge in [0.15, 0.2) is 0 Å². The Morgan fingerprint density at radius 1 is 1.56 bits per heavy atom. The van der Waals surface area contributed by atoms with E-state index in [-0.39, 0.29) is 5.41 Å². The van der Waals surface area contributed by atoms with Crippen molar-refractivity contribution in [2.24, 2.45) is 18.4 Å². The van der Waals surface area contributed by atoms with Crippen LogP contribution in [0.15, 0.2) is 12.3 Å². The Bertz CT molecular complexity index is 399. The van der Waals surface area contributed by atoms with Crippen LogP contribution in [0.25, 0.3) is 0 Å². The first-order valence-corrected chi connectivity index (χ1v) is 5.97. The molecule has 1 saturated carbocycles. The highest BCUT2D eigenvalue weighted by Gasteiger charge is 2.59. The summed E-state index contributed by atoms with van der Waals surface area (Å²) in [5.74, 6) is 1.64. The van der Waals surface area contributed by atoms with Crippen LogP contribution in [0, 0.1) is 11.3 Å². The number of aryl methyl sites for hydroxylation is 1. The number of aromatic nitrogens is 2. The molecule has 0 spiro atoms. The van der Waals surface area contributed by atoms with Crippen molar-refractivity contribution in [1.82, 2.24) is 9.78 Å². The van der Waals surface area contributed by atoms with Crippen LogP contribution in [0.5, 0.6) is 0 Å². The Hall–Kier alpha value is -1.03. The molecule has 16 heavy (non-hydrogen) atoms. The molecule has 1 aromatic rings. The SMILES string of the molecule is Cn1ccc(NC2C3CCOC3C2(C)C)n1. The summed E-state index contributed by atoms with van der Waals surface area (Å²) in [4.78, 5) is 0. The lowest BCUT2D eigenvalue weighted by atomic mass is 9.57. The van der Waals surface area contributed by atoms with Gasteiger partial charge in [-0.2, -0.15) is 5.10 Å². The number of anilines is 1. The quantitative estimate of drug-likeness (QED) is 0.825. The van der Waals surface area contributed by atoms with E-state index in [9.17, 15) is 0 Å². The van der Waals surface area contributed by atoms with E-state index in [0.717, 1.165) is 12.4 Å². The molecule has 0 aromatic carbocycles. The van der Waals surface area contributed by atoms with Crippen LogP contribution in [0.1, 0.15) is 20.3 Å². The zero-order valence-corrected chi connectivity index (χ0v) is 10.1. The van der Waals surface area contributed by atoms with Gasteiger partial charge in [-0.1, -0.05) is 13.8 Å². The number of rotatable bonds is 2. The Balaban J connectivity index is 1.75. The van der Waals surface area contributed by atoms with E-state index < -0.39 is 0 Å². The highest BCUT2D eigenvalue weighted by molar-refractivity contribution is 5.37. The minimum absolute atomic E-state index is 0.221. The monoisotopic (exact) mass is 221 g/mol. The number of fused-ring (bicyclic) bond motifs is 1. The minimum atomic E-state index is 0.221. The van der Waals surface area contributed by atoms with Gasteiger partial charge in [0.05, 0.1) is 6.10 Å². The number of nitrogens with zero attached hydrogens (tertiary/aromatic N) is 2. The molecule has 1 N–H and O–H groups in total. The Labute approximate surface area is 96.0 Å². The fourth-order valence-electron chi connectivity index (χ4n) is 3.27. The molecule has 1 saturated heterocycles. The first-order chi connectivity index (χ1) is 7.59. The molecule has 4 nitrogen and oxygen atoms in total. The Kier molecular flexibility index (Phi) is 2.05. The van der Waals surface area contributed by atoms with Gasteiger partial charge in [-0.05, 0) is 6.42 Å². The first kappa shape index (κ1) is 10.1. The largest absolute Gasteiger partial charge is 0.377 e. The van der Waals surface area contributed by atoms with Gasteiger partial charge in [-0.15, -0.1) is 0 Å². The third-order valence-electron chi connectivity index (χ3n) is 4.12. The van der Waals surface area contributed by atoms with Crippen LogP contribution in [0.3, 0.4) is 0 Å². The summed E-state index contributed by atoms with van der Waals surface area (Å²) >= 11 is 0. The molecule has 88 valence electrons. The molecule has 4 heteroatoms. The topological polar surface area (TPSA) is 39.1 Å². The van der Waals surface area contributed by atoms with Gasteiger partial charge in [-0.25, -0.2) is 0 Å². The molecule has 2 aliphatic rings. The van der Waals surface area contributed by atoms with Crippen molar-refractivity contribution < 1.29 is 4.74 Å². The lowest BCUT2D eigenvalue weighted by molar-refractivity contribution is -0.0924. The molecule has 1 aromatic heterocycles. The van der Waals surface area contributed by atoms with Gasteiger partial charge >= 0.3 is 0 Å². The van der Waals surface area contributed by atoms with Gasteiger partial charge in [0, 0.05) is 43.3 Å². The van der Waals surface area contributed by atoms with Gasteiger partial charge in [0.1, 0.15) is 5.82 Å². The molecule has 2 heterocycles. The lowest BCUT2D eigenvalue weighted by Crippen LogP contribution is -2.63. The van der Waals surface area contributed by atoms with E-state index in [1.165, 1.54) is 6.42 Å². The summed E-state index contributed by atoms with van der Waals surface area (Å²) in [6.45, 7) is 5.47. The van der Waals surface area contributed by atoms with Gasteiger partial charge in [0.25, 0.3) is 0 Å². The minimum Gasteiger partial charge on any atom is -0.377 e. The fourth-order valence-corrected chi connectivity index (χ4v) is 3.27. The fraction of sp³-hybridized carbons (Fsp3) is 0.750. The highest BCUT2D eigenvalue weighted by Crippen LogP contribution is 2.53. The predicted octanol–water partition coefficient (Wildman–Crippen LogP) is 1.65. The van der Waals surface area contributed by atoms with Crippen molar-refractivity contribution in [2.45, 2.75) is 32.4 Å². The molecule has 1 aliphatic heterocycles. The van der Waals surface area contributed by atoms with Crippen LogP contribution in [0.2, 0.25) is 0 Å². The summed E-state index contributed by atoms with van der Waals surface area (Å²) in [5, 5.41) is 7.93. The van der Waals surface area contributed by atoms with E-state index in [2.05, 4.69) is 24.3 Å². The molecule has 3 rings (SSSR count).